The number of hydrogen-bond donors (Lipinski definition) is 2. The Labute approximate surface area is 97.4 Å². The average molecular weight is 229 g/mol. The predicted octanol–water partition coefficient (Wildman–Crippen LogP) is 0.936. The predicted molar refractivity (Wildman–Crippen MR) is 62.0 cm³/mol. The van der Waals surface area contributed by atoms with Crippen LogP contribution in [0.2, 0.25) is 0 Å². The summed E-state index contributed by atoms with van der Waals surface area (Å²) in [6.45, 7) is 7.51. The number of aliphatic hydroxyl groups excluding tert-OH is 1. The van der Waals surface area contributed by atoms with Crippen LogP contribution in [0.15, 0.2) is 0 Å². The Morgan fingerprint density at radius 1 is 1.56 bits per heavy atom. The number of aliphatic hydroxyl groups is 1. The molecule has 0 aromatic carbocycles. The van der Waals surface area contributed by atoms with E-state index in [1.54, 1.807) is 0 Å². The average Bonchev–Trinajstić information content (AvgIpc) is 2.68. The minimum Gasteiger partial charge on any atom is -0.396 e. The lowest BCUT2D eigenvalue weighted by atomic mass is 9.84. The third kappa shape index (κ3) is 3.76. The maximum atomic E-state index is 11.9. The molecule has 0 saturated carbocycles. The van der Waals surface area contributed by atoms with Gasteiger partial charge in [0.05, 0.1) is 12.5 Å². The van der Waals surface area contributed by atoms with Crippen LogP contribution < -0.4 is 5.32 Å². The van der Waals surface area contributed by atoms with Crippen LogP contribution in [-0.4, -0.2) is 36.9 Å². The van der Waals surface area contributed by atoms with Crippen LogP contribution in [-0.2, 0) is 9.53 Å². The second-order valence-corrected chi connectivity index (χ2v) is 5.50. The van der Waals surface area contributed by atoms with Crippen molar-refractivity contribution in [2.45, 2.75) is 39.7 Å². The highest BCUT2D eigenvalue weighted by Gasteiger charge is 2.30. The van der Waals surface area contributed by atoms with Gasteiger partial charge in [0.1, 0.15) is 0 Å². The normalized spacial score (nSPS) is 23.1. The molecule has 16 heavy (non-hydrogen) atoms. The van der Waals surface area contributed by atoms with Gasteiger partial charge in [-0.25, -0.2) is 0 Å². The van der Waals surface area contributed by atoms with Crippen molar-refractivity contribution in [1.29, 1.82) is 0 Å². The fourth-order valence-electron chi connectivity index (χ4n) is 1.88. The highest BCUT2D eigenvalue weighted by Crippen LogP contribution is 2.23. The summed E-state index contributed by atoms with van der Waals surface area (Å²) in [5.74, 6) is 0.0504. The second kappa shape index (κ2) is 5.64. The molecule has 2 N–H and O–H groups in total. The molecule has 0 radical (unpaired) electrons. The zero-order valence-corrected chi connectivity index (χ0v) is 10.5. The van der Waals surface area contributed by atoms with Crippen molar-refractivity contribution in [3.8, 4) is 0 Å². The van der Waals surface area contributed by atoms with E-state index in [2.05, 4.69) is 26.1 Å². The van der Waals surface area contributed by atoms with E-state index < -0.39 is 0 Å². The topological polar surface area (TPSA) is 58.6 Å². The summed E-state index contributed by atoms with van der Waals surface area (Å²) in [5, 5.41) is 12.0. The van der Waals surface area contributed by atoms with Crippen molar-refractivity contribution in [1.82, 2.24) is 5.32 Å². The minimum absolute atomic E-state index is 0.0106. The Morgan fingerprint density at radius 2 is 2.25 bits per heavy atom. The van der Waals surface area contributed by atoms with Gasteiger partial charge < -0.3 is 15.2 Å². The maximum Gasteiger partial charge on any atom is 0.225 e. The fourth-order valence-corrected chi connectivity index (χ4v) is 1.88. The number of carbonyl (C=O) groups is 1. The van der Waals surface area contributed by atoms with Crippen molar-refractivity contribution in [3.05, 3.63) is 0 Å². The molecule has 2 unspecified atom stereocenters. The summed E-state index contributed by atoms with van der Waals surface area (Å²) in [5.41, 5.74) is -0.0299. The van der Waals surface area contributed by atoms with E-state index in [1.165, 1.54) is 0 Å². The van der Waals surface area contributed by atoms with E-state index in [-0.39, 0.29) is 29.9 Å². The molecule has 1 aliphatic rings. The number of nitrogens with one attached hydrogen (secondary N) is 1. The van der Waals surface area contributed by atoms with E-state index in [4.69, 9.17) is 9.84 Å². The summed E-state index contributed by atoms with van der Waals surface area (Å²) in [4.78, 5) is 11.9. The van der Waals surface area contributed by atoms with Gasteiger partial charge in [0.15, 0.2) is 0 Å². The first kappa shape index (κ1) is 13.5. The van der Waals surface area contributed by atoms with Gasteiger partial charge in [-0.2, -0.15) is 0 Å². The van der Waals surface area contributed by atoms with E-state index in [0.29, 0.717) is 19.6 Å². The molecule has 0 bridgehead atoms. The Bertz CT molecular complexity index is 229. The smallest absolute Gasteiger partial charge is 0.225 e. The van der Waals surface area contributed by atoms with Crippen LogP contribution in [0.1, 0.15) is 33.6 Å². The Morgan fingerprint density at radius 3 is 2.69 bits per heavy atom. The molecular formula is C12H23NO3. The molecule has 1 rings (SSSR count). The molecule has 1 heterocycles. The van der Waals surface area contributed by atoms with Crippen LogP contribution in [0.5, 0.6) is 0 Å². The van der Waals surface area contributed by atoms with E-state index in [9.17, 15) is 4.79 Å². The zero-order chi connectivity index (χ0) is 12.2. The Kier molecular flexibility index (Phi) is 4.74. The summed E-state index contributed by atoms with van der Waals surface area (Å²) >= 11 is 0. The van der Waals surface area contributed by atoms with Gasteiger partial charge >= 0.3 is 0 Å². The molecule has 4 nitrogen and oxygen atoms in total. The third-order valence-electron chi connectivity index (χ3n) is 3.08. The van der Waals surface area contributed by atoms with Crippen LogP contribution >= 0.6 is 0 Å². The summed E-state index contributed by atoms with van der Waals surface area (Å²) in [6, 6.07) is 0.0191. The number of ether oxygens (including phenoxy) is 1. The van der Waals surface area contributed by atoms with Crippen LogP contribution in [0.4, 0.5) is 0 Å². The molecular weight excluding hydrogens is 206 g/mol. The van der Waals surface area contributed by atoms with Gasteiger partial charge in [0.25, 0.3) is 0 Å². The van der Waals surface area contributed by atoms with Crippen molar-refractivity contribution < 1.29 is 14.6 Å². The molecule has 0 spiro atoms. The molecule has 1 aliphatic heterocycles. The zero-order valence-electron chi connectivity index (χ0n) is 10.5. The Hall–Kier alpha value is -0.610. The molecule has 1 amide bonds. The van der Waals surface area contributed by atoms with Gasteiger partial charge in [-0.3, -0.25) is 4.79 Å². The molecule has 94 valence electrons. The number of amides is 1. The lowest BCUT2D eigenvalue weighted by Gasteiger charge is -2.31. The van der Waals surface area contributed by atoms with Gasteiger partial charge in [-0.15, -0.1) is 0 Å². The van der Waals surface area contributed by atoms with Gasteiger partial charge in [-0.05, 0) is 18.3 Å². The largest absolute Gasteiger partial charge is 0.396 e. The summed E-state index contributed by atoms with van der Waals surface area (Å²) in [7, 11) is 0. The quantitative estimate of drug-likeness (QED) is 0.754. The van der Waals surface area contributed by atoms with Crippen LogP contribution in [0.3, 0.4) is 0 Å². The van der Waals surface area contributed by atoms with Crippen molar-refractivity contribution in [2.24, 2.45) is 11.3 Å². The molecule has 0 aliphatic carbocycles. The molecule has 4 heteroatoms. The van der Waals surface area contributed by atoms with Gasteiger partial charge in [0.2, 0.25) is 5.91 Å². The van der Waals surface area contributed by atoms with Crippen LogP contribution in [0, 0.1) is 11.3 Å². The standard InChI is InChI=1S/C12H23NO3/c1-12(2,3)10(4-6-14)13-11(15)9-5-7-16-8-9/h9-10,14H,4-8H2,1-3H3,(H,13,15). The first-order valence-corrected chi connectivity index (χ1v) is 5.94. The van der Waals surface area contributed by atoms with Gasteiger partial charge in [0, 0.05) is 19.3 Å². The first-order valence-electron chi connectivity index (χ1n) is 5.94. The highest BCUT2D eigenvalue weighted by atomic mass is 16.5. The summed E-state index contributed by atoms with van der Waals surface area (Å²) in [6.07, 6.45) is 1.41. The molecule has 0 aromatic heterocycles. The number of rotatable bonds is 4. The lowest BCUT2D eigenvalue weighted by molar-refractivity contribution is -0.126. The molecule has 1 fully saturated rings. The highest BCUT2D eigenvalue weighted by molar-refractivity contribution is 5.79. The minimum atomic E-state index is -0.0299. The molecule has 0 aromatic rings. The first-order chi connectivity index (χ1) is 7.45. The summed E-state index contributed by atoms with van der Waals surface area (Å²) < 4.78 is 5.20. The third-order valence-corrected chi connectivity index (χ3v) is 3.08. The fraction of sp³-hybridized carbons (Fsp3) is 0.917. The molecule has 2 atom stereocenters. The van der Waals surface area contributed by atoms with E-state index >= 15 is 0 Å². The molecule has 1 saturated heterocycles. The van der Waals surface area contributed by atoms with E-state index in [1.807, 2.05) is 0 Å². The SMILES string of the molecule is CC(C)(C)C(CCO)NC(=O)C1CCOC1. The van der Waals surface area contributed by atoms with E-state index in [0.717, 1.165) is 6.42 Å². The Balaban J connectivity index is 2.50. The van der Waals surface area contributed by atoms with Gasteiger partial charge in [-0.1, -0.05) is 20.8 Å². The van der Waals surface area contributed by atoms with Crippen LogP contribution in [0.25, 0.3) is 0 Å². The second-order valence-electron chi connectivity index (χ2n) is 5.50. The number of hydrogen-bond acceptors (Lipinski definition) is 3. The number of carbonyl (C=O) groups excluding carboxylic acids is 1. The lowest BCUT2D eigenvalue weighted by Crippen LogP contribution is -2.46. The monoisotopic (exact) mass is 229 g/mol. The maximum absolute atomic E-state index is 11.9. The van der Waals surface area contributed by atoms with Crippen molar-refractivity contribution >= 4 is 5.91 Å². The van der Waals surface area contributed by atoms with Crippen molar-refractivity contribution in [2.75, 3.05) is 19.8 Å². The van der Waals surface area contributed by atoms with Crippen molar-refractivity contribution in [3.63, 3.8) is 0 Å².